The number of likely N-dealkylation sites (tertiary alicyclic amines) is 1. The standard InChI is InChI=1S/C32H46N6O5.C29H40N6O5.C25H32N4O6.C2H6/c1-33-12-4-5-25-31(42)37-27(30(41)35-19-20-10-13-38(3)14-11-20)18-24-16-22(7-9-29(24)40)21-6-8-28(39)23(15-21)17-26(34-2)32(43)36-25;30-9-1-2-23-29(40)35-24(28(39)33-16-17-7-10-32-11-8-17)15-21-13-19(4-6-26(21)37)18-3-5-25(36)20(12-18)14-22(31)27(38)34-23;1-26-9-3-4-18-23(32)29-20(25(34)35)13-17-11-15(6-8-22(17)31)14-5-7-21(30)16(10-14)12-19(27-2)24(33)28-18;1-2/h6-9,15-16,20,25-27,33-34,39-40H,4-5,10-14,17-19H2,1-3H3,(H,35,41)(H,36,43)(H,37,42);3-6,12-13,17,22-24,32,36-37H,1-2,7-11,14-16,30-31H2,(H,33,39)(H,34,38)(H,35,40);5-8,10-11,18-20,26-27,30-31H,3-4,9,12-13H2,1-2H3,(H,28,33)(H,29,32)(H,34,35);1-2H3/t25-,26-,27-;22-,23-,24-;18-,19-,20-;/m000./s1. The molecule has 0 saturated carbocycles. The molecule has 2 fully saturated rings. The smallest absolute Gasteiger partial charge is 0.326 e. The molecule has 32 nitrogen and oxygen atoms in total. The minimum atomic E-state index is -1.31. The molecule has 0 spiro atoms. The highest BCUT2D eigenvalue weighted by atomic mass is 16.4. The van der Waals surface area contributed by atoms with E-state index < -0.39 is 89.9 Å². The number of nitrogens with one attached hydrogen (secondary N) is 13. The number of hydrogen-bond donors (Lipinski definition) is 22. The highest BCUT2D eigenvalue weighted by molar-refractivity contribution is 5.96. The Morgan fingerprint density at radius 3 is 1.06 bits per heavy atom. The quantitative estimate of drug-likeness (QED) is 0.0488. The number of fused-ring (bicyclic) bond motifs is 15. The summed E-state index contributed by atoms with van der Waals surface area (Å²) in [6.45, 7) is 10.3. The number of aliphatic carboxylic acids is 1. The van der Waals surface area contributed by atoms with Gasteiger partial charge >= 0.3 is 5.97 Å². The van der Waals surface area contributed by atoms with E-state index in [-0.39, 0.29) is 97.2 Å². The first kappa shape index (κ1) is 94.5. The van der Waals surface area contributed by atoms with Crippen molar-refractivity contribution in [2.24, 2.45) is 23.3 Å². The van der Waals surface area contributed by atoms with Crippen LogP contribution in [0.4, 0.5) is 0 Å². The lowest BCUT2D eigenvalue weighted by atomic mass is 9.95. The zero-order valence-corrected chi connectivity index (χ0v) is 69.8. The van der Waals surface area contributed by atoms with Gasteiger partial charge in [0.2, 0.25) is 47.3 Å². The Morgan fingerprint density at radius 2 is 0.725 bits per heavy atom. The SMILES string of the molecule is CC.CNCCC[C@@H]1NC(=O)[C@@H](NC)Cc2cc(ccc2O)-c2ccc(O)c(c2)C[C@@H](C(=O)NCC2CCN(C)CC2)NC1=O.CNCCC[C@@H]1NC(=O)[C@@H](NC)Cc2cc(ccc2O)-c2ccc(O)c(c2)C[C@@H](C(=O)O)NC1=O.NCCC[C@@H]1NC(=O)[C@@H](N)Cc2cc(ccc2O)-c2ccc(O)c(c2)C[C@@H](C(=O)NCC2CCNCC2)NC1=O. The van der Waals surface area contributed by atoms with Crippen LogP contribution in [-0.4, -0.2) is 242 Å². The van der Waals surface area contributed by atoms with Crippen molar-refractivity contribution >= 4 is 53.2 Å². The minimum Gasteiger partial charge on any atom is -0.508 e. The van der Waals surface area contributed by atoms with Crippen LogP contribution in [0.1, 0.15) is 111 Å². The van der Waals surface area contributed by atoms with Crippen LogP contribution in [0.25, 0.3) is 33.4 Å². The molecule has 11 rings (SSSR count). The Hall–Kier alpha value is -11.0. The highest BCUT2D eigenvalue weighted by Gasteiger charge is 2.35. The summed E-state index contributed by atoms with van der Waals surface area (Å²) in [6.07, 6.45) is 6.78. The summed E-state index contributed by atoms with van der Waals surface area (Å²) >= 11 is 0. The molecule has 32 heteroatoms. The lowest BCUT2D eigenvalue weighted by Crippen LogP contribution is -2.57. The van der Waals surface area contributed by atoms with E-state index in [1.165, 1.54) is 18.2 Å². The van der Waals surface area contributed by atoms with Gasteiger partial charge in [0, 0.05) is 51.6 Å². The highest BCUT2D eigenvalue weighted by Crippen LogP contribution is 2.35. The number of hydrogen-bond acceptors (Lipinski definition) is 23. The summed E-state index contributed by atoms with van der Waals surface area (Å²) in [5, 5.41) is 111. The number of likely N-dealkylation sites (N-methyl/N-ethyl adjacent to an activating group) is 2. The molecule has 0 unspecified atom stereocenters. The Balaban J connectivity index is 0.000000223. The summed E-state index contributed by atoms with van der Waals surface area (Å²) in [5.41, 5.74) is 19.2. The molecule has 24 N–H and O–H groups in total. The summed E-state index contributed by atoms with van der Waals surface area (Å²) in [4.78, 5) is 121. The number of nitrogens with zero attached hydrogens (tertiary/aromatic N) is 1. The van der Waals surface area contributed by atoms with E-state index in [1.54, 1.807) is 106 Å². The first-order chi connectivity index (χ1) is 57.6. The van der Waals surface area contributed by atoms with Crippen LogP contribution >= 0.6 is 0 Å². The third-order valence-electron chi connectivity index (χ3n) is 22.4. The molecule has 0 aliphatic carbocycles. The van der Waals surface area contributed by atoms with Crippen LogP contribution in [0.15, 0.2) is 109 Å². The van der Waals surface area contributed by atoms with Crippen LogP contribution < -0.4 is 80.6 Å². The summed E-state index contributed by atoms with van der Waals surface area (Å²) in [5.74, 6) is -4.26. The van der Waals surface area contributed by atoms with Gasteiger partial charge in [0.1, 0.15) is 70.7 Å². The van der Waals surface area contributed by atoms with Crippen molar-refractivity contribution in [2.45, 2.75) is 171 Å². The number of carboxylic acid groups (broad SMARTS) is 1. The van der Waals surface area contributed by atoms with Gasteiger partial charge in [0.05, 0.1) is 18.1 Å². The fraction of sp³-hybridized carbons (Fsp3) is 0.489. The fourth-order valence-corrected chi connectivity index (χ4v) is 15.1. The Labute approximate surface area is 701 Å². The van der Waals surface area contributed by atoms with E-state index in [2.05, 4.69) is 81.1 Å². The zero-order valence-electron chi connectivity index (χ0n) is 69.8. The van der Waals surface area contributed by atoms with E-state index in [0.29, 0.717) is 116 Å². The molecule has 6 aromatic carbocycles. The van der Waals surface area contributed by atoms with Gasteiger partial charge in [-0.2, -0.15) is 0 Å². The number of aromatic hydroxyl groups is 6. The fourth-order valence-electron chi connectivity index (χ4n) is 15.1. The van der Waals surface area contributed by atoms with Crippen molar-refractivity contribution in [3.63, 3.8) is 0 Å². The van der Waals surface area contributed by atoms with Crippen LogP contribution in [0, 0.1) is 11.8 Å². The van der Waals surface area contributed by atoms with Crippen molar-refractivity contribution in [1.82, 2.24) is 74.0 Å². The van der Waals surface area contributed by atoms with Gasteiger partial charge in [-0.3, -0.25) is 38.4 Å². The first-order valence-corrected chi connectivity index (χ1v) is 41.7. The molecule has 0 radical (unpaired) electrons. The van der Waals surface area contributed by atoms with Gasteiger partial charge in [-0.15, -0.1) is 0 Å². The van der Waals surface area contributed by atoms with Crippen molar-refractivity contribution in [3.8, 4) is 67.9 Å². The molecule has 0 aromatic heterocycles. The molecule has 5 aliphatic rings. The number of carboxylic acids is 1. The second-order valence-corrected chi connectivity index (χ2v) is 31.1. The van der Waals surface area contributed by atoms with Crippen LogP contribution in [0.2, 0.25) is 0 Å². The number of rotatable bonds is 20. The number of phenolic OH excluding ortho intramolecular Hbond substituents is 6. The number of piperidine rings is 2. The van der Waals surface area contributed by atoms with Crippen molar-refractivity contribution < 1.29 is 78.9 Å². The zero-order chi connectivity index (χ0) is 87.1. The topological polar surface area (TPSA) is 507 Å². The number of benzene rings is 6. The molecule has 9 atom stereocenters. The van der Waals surface area contributed by atoms with Gasteiger partial charge in [0.15, 0.2) is 0 Å². The molecule has 12 bridgehead atoms. The van der Waals surface area contributed by atoms with E-state index in [4.69, 9.17) is 11.5 Å². The average Bonchev–Trinajstić information content (AvgIpc) is 1.33. The van der Waals surface area contributed by atoms with E-state index in [9.17, 15) is 78.9 Å². The van der Waals surface area contributed by atoms with Crippen molar-refractivity contribution in [1.29, 1.82) is 0 Å². The summed E-state index contributed by atoms with van der Waals surface area (Å²) < 4.78 is 0. The Morgan fingerprint density at radius 1 is 0.417 bits per heavy atom. The van der Waals surface area contributed by atoms with Crippen LogP contribution in [-0.2, 0) is 81.7 Å². The van der Waals surface area contributed by atoms with Gasteiger partial charge in [-0.1, -0.05) is 50.2 Å². The Kier molecular flexibility index (Phi) is 37.1. The normalized spacial score (nSPS) is 21.5. The maximum atomic E-state index is 13.7. The van der Waals surface area contributed by atoms with Crippen molar-refractivity contribution in [3.05, 3.63) is 143 Å². The molecule has 5 aliphatic heterocycles. The van der Waals surface area contributed by atoms with Crippen molar-refractivity contribution in [2.75, 3.05) is 94.1 Å². The molecular weight excluding hydrogens is 1540 g/mol. The predicted octanol–water partition coefficient (Wildman–Crippen LogP) is 2.42. The molecule has 120 heavy (non-hydrogen) atoms. The predicted molar refractivity (Wildman–Crippen MR) is 459 cm³/mol. The summed E-state index contributed by atoms with van der Waals surface area (Å²) in [6, 6.07) is 21.6. The second kappa shape index (κ2) is 47.1. The van der Waals surface area contributed by atoms with Gasteiger partial charge in [-0.05, 0) is 297 Å². The first-order valence-electron chi connectivity index (χ1n) is 41.7. The lowest BCUT2D eigenvalue weighted by molar-refractivity contribution is -0.142. The second-order valence-electron chi connectivity index (χ2n) is 31.1. The minimum absolute atomic E-state index is 0.00164. The summed E-state index contributed by atoms with van der Waals surface area (Å²) in [7, 11) is 8.95. The lowest BCUT2D eigenvalue weighted by Gasteiger charge is -2.30. The van der Waals surface area contributed by atoms with E-state index in [1.807, 2.05) is 27.0 Å². The van der Waals surface area contributed by atoms with Gasteiger partial charge < -0.3 is 121 Å². The average molecular weight is 1660 g/mol. The van der Waals surface area contributed by atoms with Gasteiger partial charge in [-0.25, -0.2) is 4.79 Å². The van der Waals surface area contributed by atoms with Gasteiger partial charge in [0.25, 0.3) is 0 Å². The maximum Gasteiger partial charge on any atom is 0.326 e. The Bertz CT molecular complexity index is 4460. The number of carbonyl (C=O) groups is 9. The molecule has 5 heterocycles. The maximum absolute atomic E-state index is 13.7. The molecule has 6 aromatic rings. The largest absolute Gasteiger partial charge is 0.508 e. The molecule has 652 valence electrons. The molecule has 2 saturated heterocycles. The monoisotopic (exact) mass is 1660 g/mol. The number of amides is 8. The number of nitrogens with two attached hydrogens (primary N) is 2. The third kappa shape index (κ3) is 27.5. The van der Waals surface area contributed by atoms with E-state index in [0.717, 1.165) is 79.7 Å². The molecule has 8 amide bonds. The third-order valence-corrected chi connectivity index (χ3v) is 22.4. The number of carbonyl (C=O) groups excluding carboxylic acids is 8. The van der Waals surface area contributed by atoms with Crippen LogP contribution in [0.5, 0.6) is 34.5 Å². The number of phenols is 6. The van der Waals surface area contributed by atoms with Crippen LogP contribution in [0.3, 0.4) is 0 Å². The van der Waals surface area contributed by atoms with E-state index >= 15 is 0 Å². The molecular formula is C88H124N16O16.